The lowest BCUT2D eigenvalue weighted by Crippen LogP contribution is -2.33. The van der Waals surface area contributed by atoms with Gasteiger partial charge in [0, 0.05) is 0 Å². The molecule has 0 saturated heterocycles. The van der Waals surface area contributed by atoms with Gasteiger partial charge in [-0.3, -0.25) is 0 Å². The van der Waals surface area contributed by atoms with Gasteiger partial charge in [0.2, 0.25) is 6.33 Å². The minimum atomic E-state index is 0.575. The van der Waals surface area contributed by atoms with Crippen LogP contribution in [0.2, 0.25) is 0 Å². The fraction of sp³-hybridized carbons (Fsp3) is 0.786. The molecule has 0 saturated carbocycles. The van der Waals surface area contributed by atoms with Crippen molar-refractivity contribution in [2.45, 2.75) is 71.9 Å². The molecule has 0 aliphatic carbocycles. The van der Waals surface area contributed by atoms with Crippen LogP contribution >= 0.6 is 0 Å². The van der Waals surface area contributed by atoms with E-state index in [9.17, 15) is 0 Å². The van der Waals surface area contributed by atoms with Crippen LogP contribution in [0.3, 0.4) is 0 Å². The van der Waals surface area contributed by atoms with E-state index < -0.39 is 0 Å². The Balaban J connectivity index is 2.12. The van der Waals surface area contributed by atoms with Gasteiger partial charge < -0.3 is 0 Å². The second-order valence-corrected chi connectivity index (χ2v) is 4.96. The Bertz CT molecular complexity index is 276. The summed E-state index contributed by atoms with van der Waals surface area (Å²) in [5.41, 5.74) is 0. The Hall–Kier alpha value is -0.790. The molecule has 16 heavy (non-hydrogen) atoms. The first kappa shape index (κ1) is 13.3. The predicted octanol–water partition coefficient (Wildman–Crippen LogP) is 3.72. The SMILES string of the molecule is CCCCCCCCn1cc[n+](C(C)C)c1. The van der Waals surface area contributed by atoms with Crippen LogP contribution < -0.4 is 4.57 Å². The monoisotopic (exact) mass is 223 g/mol. The fourth-order valence-corrected chi connectivity index (χ4v) is 1.92. The molecule has 0 aliphatic rings. The van der Waals surface area contributed by atoms with Gasteiger partial charge in [0.25, 0.3) is 0 Å². The molecule has 0 bridgehead atoms. The van der Waals surface area contributed by atoms with Gasteiger partial charge in [-0.25, -0.2) is 9.13 Å². The maximum Gasteiger partial charge on any atom is 0.243 e. The number of imidazole rings is 1. The van der Waals surface area contributed by atoms with E-state index in [1.165, 1.54) is 45.1 Å². The molecule has 0 atom stereocenters. The summed E-state index contributed by atoms with van der Waals surface area (Å²) >= 11 is 0. The lowest BCUT2D eigenvalue weighted by atomic mass is 10.1. The second kappa shape index (κ2) is 7.48. The Morgan fingerprint density at radius 2 is 1.75 bits per heavy atom. The minimum absolute atomic E-state index is 0.575. The molecule has 0 fully saturated rings. The predicted molar refractivity (Wildman–Crippen MR) is 68.4 cm³/mol. The zero-order chi connectivity index (χ0) is 11.8. The number of hydrogen-bond acceptors (Lipinski definition) is 0. The van der Waals surface area contributed by atoms with Crippen molar-refractivity contribution in [3.05, 3.63) is 18.7 Å². The van der Waals surface area contributed by atoms with Gasteiger partial charge in [-0.2, -0.15) is 0 Å². The van der Waals surface area contributed by atoms with E-state index in [0.717, 1.165) is 0 Å². The van der Waals surface area contributed by atoms with Crippen molar-refractivity contribution in [3.8, 4) is 0 Å². The fourth-order valence-electron chi connectivity index (χ4n) is 1.92. The molecule has 1 heterocycles. The Labute approximate surface area is 100 Å². The average Bonchev–Trinajstić information content (AvgIpc) is 2.72. The first-order chi connectivity index (χ1) is 7.74. The molecule has 0 spiro atoms. The van der Waals surface area contributed by atoms with Crippen molar-refractivity contribution >= 4 is 0 Å². The molecule has 2 nitrogen and oxygen atoms in total. The van der Waals surface area contributed by atoms with Crippen LogP contribution in [0.1, 0.15) is 65.3 Å². The summed E-state index contributed by atoms with van der Waals surface area (Å²) in [6, 6.07) is 0.575. The number of nitrogens with zero attached hydrogens (tertiary/aromatic N) is 2. The van der Waals surface area contributed by atoms with Crippen LogP contribution in [-0.2, 0) is 6.54 Å². The molecular formula is C14H27N2+. The van der Waals surface area contributed by atoms with E-state index in [0.29, 0.717) is 6.04 Å². The van der Waals surface area contributed by atoms with E-state index in [4.69, 9.17) is 0 Å². The van der Waals surface area contributed by atoms with Gasteiger partial charge in [-0.15, -0.1) is 0 Å². The normalized spacial score (nSPS) is 11.2. The van der Waals surface area contributed by atoms with Crippen LogP contribution in [0.25, 0.3) is 0 Å². The molecule has 0 amide bonds. The van der Waals surface area contributed by atoms with Crippen LogP contribution in [0.5, 0.6) is 0 Å². The molecule has 0 aromatic carbocycles. The zero-order valence-corrected chi connectivity index (χ0v) is 11.2. The van der Waals surface area contributed by atoms with Gasteiger partial charge in [0.15, 0.2) is 0 Å². The van der Waals surface area contributed by atoms with Gasteiger partial charge >= 0.3 is 0 Å². The summed E-state index contributed by atoms with van der Waals surface area (Å²) in [6.07, 6.45) is 14.8. The Morgan fingerprint density at radius 3 is 2.38 bits per heavy atom. The number of rotatable bonds is 8. The van der Waals surface area contributed by atoms with E-state index in [2.05, 4.69) is 48.6 Å². The highest BCUT2D eigenvalue weighted by Gasteiger charge is 2.05. The van der Waals surface area contributed by atoms with Crippen molar-refractivity contribution in [1.29, 1.82) is 0 Å². The highest BCUT2D eigenvalue weighted by atomic mass is 15.1. The largest absolute Gasteiger partial charge is 0.243 e. The maximum atomic E-state index is 2.31. The third-order valence-electron chi connectivity index (χ3n) is 3.08. The number of unbranched alkanes of at least 4 members (excludes halogenated alkanes) is 5. The highest BCUT2D eigenvalue weighted by Crippen LogP contribution is 2.06. The van der Waals surface area contributed by atoms with Crippen LogP contribution in [-0.4, -0.2) is 4.57 Å². The van der Waals surface area contributed by atoms with Gasteiger partial charge in [-0.1, -0.05) is 32.6 Å². The molecule has 1 rings (SSSR count). The second-order valence-electron chi connectivity index (χ2n) is 4.96. The number of aryl methyl sites for hydroxylation is 1. The van der Waals surface area contributed by atoms with Crippen molar-refractivity contribution in [3.63, 3.8) is 0 Å². The first-order valence-electron chi connectivity index (χ1n) is 6.80. The summed E-state index contributed by atoms with van der Waals surface area (Å²) < 4.78 is 4.57. The number of hydrogen-bond donors (Lipinski definition) is 0. The molecule has 0 N–H and O–H groups in total. The molecular weight excluding hydrogens is 196 g/mol. The Kier molecular flexibility index (Phi) is 6.20. The average molecular weight is 223 g/mol. The van der Waals surface area contributed by atoms with Gasteiger partial charge in [0.1, 0.15) is 12.4 Å². The molecule has 0 unspecified atom stereocenters. The van der Waals surface area contributed by atoms with E-state index in [-0.39, 0.29) is 0 Å². The maximum absolute atomic E-state index is 2.31. The summed E-state index contributed by atoms with van der Waals surface area (Å²) in [5.74, 6) is 0. The lowest BCUT2D eigenvalue weighted by molar-refractivity contribution is -0.715. The minimum Gasteiger partial charge on any atom is -0.237 e. The third kappa shape index (κ3) is 4.82. The molecule has 0 aliphatic heterocycles. The van der Waals surface area contributed by atoms with E-state index in [1.54, 1.807) is 0 Å². The summed E-state index contributed by atoms with van der Waals surface area (Å²) in [5, 5.41) is 0. The molecule has 0 radical (unpaired) electrons. The topological polar surface area (TPSA) is 8.81 Å². The molecule has 1 aromatic rings. The quantitative estimate of drug-likeness (QED) is 0.469. The number of aromatic nitrogens is 2. The standard InChI is InChI=1S/C14H27N2/c1-4-5-6-7-8-9-10-15-11-12-16(13-15)14(2)3/h11-14H,4-10H2,1-3H3/q+1. The van der Waals surface area contributed by atoms with Gasteiger partial charge in [-0.05, 0) is 26.7 Å². The summed E-state index contributed by atoms with van der Waals surface area (Å²) in [6.45, 7) is 7.88. The van der Waals surface area contributed by atoms with E-state index in [1.807, 2.05) is 0 Å². The first-order valence-corrected chi connectivity index (χ1v) is 6.80. The lowest BCUT2D eigenvalue weighted by Gasteiger charge is -1.99. The smallest absolute Gasteiger partial charge is 0.237 e. The van der Waals surface area contributed by atoms with Crippen molar-refractivity contribution in [2.24, 2.45) is 0 Å². The summed E-state index contributed by atoms with van der Waals surface area (Å²) in [4.78, 5) is 0. The highest BCUT2D eigenvalue weighted by molar-refractivity contribution is 4.66. The Morgan fingerprint density at radius 1 is 1.06 bits per heavy atom. The van der Waals surface area contributed by atoms with Crippen molar-refractivity contribution < 1.29 is 4.57 Å². The molecule has 1 aromatic heterocycles. The van der Waals surface area contributed by atoms with Gasteiger partial charge in [0.05, 0.1) is 12.6 Å². The van der Waals surface area contributed by atoms with Crippen LogP contribution in [0.15, 0.2) is 18.7 Å². The third-order valence-corrected chi connectivity index (χ3v) is 3.08. The zero-order valence-electron chi connectivity index (χ0n) is 11.2. The van der Waals surface area contributed by atoms with E-state index >= 15 is 0 Å². The van der Waals surface area contributed by atoms with Crippen molar-refractivity contribution in [2.75, 3.05) is 0 Å². The summed E-state index contributed by atoms with van der Waals surface area (Å²) in [7, 11) is 0. The van der Waals surface area contributed by atoms with Crippen LogP contribution in [0.4, 0.5) is 0 Å². The van der Waals surface area contributed by atoms with Crippen LogP contribution in [0, 0.1) is 0 Å². The molecule has 92 valence electrons. The molecule has 2 heteroatoms. The van der Waals surface area contributed by atoms with Crippen molar-refractivity contribution in [1.82, 2.24) is 4.57 Å².